The smallest absolute Gasteiger partial charge is 0.327 e. The molecule has 9 nitrogen and oxygen atoms in total. The van der Waals surface area contributed by atoms with Gasteiger partial charge in [0.15, 0.2) is 0 Å². The number of carbonyl (C=O) groups excluding carboxylic acids is 2. The van der Waals surface area contributed by atoms with Gasteiger partial charge >= 0.3 is 6.03 Å². The molecule has 2 aromatic carbocycles. The largest absolute Gasteiger partial charge is 0.490 e. The Hall–Kier alpha value is -3.37. The summed E-state index contributed by atoms with van der Waals surface area (Å²) in [6.07, 6.45) is 12.1. The number of rotatable bonds is 3. The molecule has 47 heavy (non-hydrogen) atoms. The van der Waals surface area contributed by atoms with Crippen LogP contribution in [0.15, 0.2) is 52.9 Å². The van der Waals surface area contributed by atoms with Crippen LogP contribution in [-0.4, -0.2) is 60.9 Å². The average Bonchev–Trinajstić information content (AvgIpc) is 3.85. The van der Waals surface area contributed by atoms with E-state index in [9.17, 15) is 13.8 Å². The van der Waals surface area contributed by atoms with E-state index in [2.05, 4.69) is 56.6 Å². The molecule has 0 aromatic heterocycles. The van der Waals surface area contributed by atoms with Crippen LogP contribution in [0, 0.1) is 24.7 Å². The van der Waals surface area contributed by atoms with Crippen molar-refractivity contribution in [3.05, 3.63) is 70.8 Å². The van der Waals surface area contributed by atoms with E-state index in [1.54, 1.807) is 13.2 Å². The highest BCUT2D eigenvalue weighted by Gasteiger charge is 2.44. The summed E-state index contributed by atoms with van der Waals surface area (Å²) in [6, 6.07) is 11.8. The molecule has 5 aliphatic rings. The molecule has 7 rings (SSSR count). The van der Waals surface area contributed by atoms with Crippen LogP contribution in [0.2, 0.25) is 0 Å². The van der Waals surface area contributed by atoms with Gasteiger partial charge in [-0.25, -0.2) is 9.00 Å². The molecule has 2 aromatic rings. The van der Waals surface area contributed by atoms with Crippen molar-refractivity contribution in [1.82, 2.24) is 10.0 Å². The maximum atomic E-state index is 14.2. The fraction of sp³-hybridized carbons (Fsp3) is 0.568. The second-order valence-corrected chi connectivity index (χ2v) is 16.7. The van der Waals surface area contributed by atoms with E-state index in [-0.39, 0.29) is 29.2 Å². The number of fused-ring (bicyclic) bond motifs is 4. The fourth-order valence-electron chi connectivity index (χ4n) is 8.11. The van der Waals surface area contributed by atoms with Crippen LogP contribution in [0.25, 0.3) is 0 Å². The van der Waals surface area contributed by atoms with Gasteiger partial charge in [-0.2, -0.15) is 0 Å². The third kappa shape index (κ3) is 6.81. The highest BCUT2D eigenvalue weighted by molar-refractivity contribution is 7.92. The summed E-state index contributed by atoms with van der Waals surface area (Å²) < 4.78 is 33.8. The van der Waals surface area contributed by atoms with Crippen molar-refractivity contribution in [2.75, 3.05) is 37.5 Å². The fourth-order valence-corrected chi connectivity index (χ4v) is 9.95. The average molecular weight is 661 g/mol. The number of anilines is 1. The number of hydrogen-bond acceptors (Lipinski definition) is 6. The molecule has 2 aliphatic heterocycles. The number of aryl methyl sites for hydroxylation is 2. The quantitative estimate of drug-likeness (QED) is 0.386. The molecule has 6 atom stereocenters. The van der Waals surface area contributed by atoms with E-state index in [0.717, 1.165) is 69.5 Å². The van der Waals surface area contributed by atoms with Crippen molar-refractivity contribution < 1.29 is 23.3 Å². The van der Waals surface area contributed by atoms with E-state index in [4.69, 9.17) is 9.47 Å². The molecule has 2 fully saturated rings. The predicted octanol–water partition coefficient (Wildman–Crippen LogP) is 6.09. The minimum absolute atomic E-state index is 0.0201. The first-order chi connectivity index (χ1) is 22.6. The molecule has 3 amide bonds. The van der Waals surface area contributed by atoms with Gasteiger partial charge in [-0.05, 0) is 105 Å². The zero-order valence-electron chi connectivity index (χ0n) is 27.8. The lowest BCUT2D eigenvalue weighted by molar-refractivity contribution is 0.0131. The number of nitrogens with zero attached hydrogens (tertiary/aromatic N) is 2. The minimum atomic E-state index is -3.41. The maximum Gasteiger partial charge on any atom is 0.327 e. The third-order valence-corrected chi connectivity index (χ3v) is 12.9. The van der Waals surface area contributed by atoms with E-state index in [0.29, 0.717) is 30.4 Å². The summed E-state index contributed by atoms with van der Waals surface area (Å²) in [7, 11) is -1.63. The summed E-state index contributed by atoms with van der Waals surface area (Å²) >= 11 is 0. The molecule has 1 spiro atoms. The molecule has 0 radical (unpaired) electrons. The lowest BCUT2D eigenvalue weighted by Crippen LogP contribution is -2.49. The summed E-state index contributed by atoms with van der Waals surface area (Å²) in [5.74, 6) is 0.921. The predicted molar refractivity (Wildman–Crippen MR) is 184 cm³/mol. The Morgan fingerprint density at radius 1 is 1.15 bits per heavy atom. The summed E-state index contributed by atoms with van der Waals surface area (Å²) in [5, 5.41) is 2.83. The van der Waals surface area contributed by atoms with Crippen LogP contribution < -0.4 is 19.7 Å². The van der Waals surface area contributed by atoms with Gasteiger partial charge in [0.05, 0.1) is 24.2 Å². The Bertz CT molecular complexity index is 1700. The second-order valence-electron chi connectivity index (χ2n) is 14.7. The maximum absolute atomic E-state index is 14.2. The van der Waals surface area contributed by atoms with Gasteiger partial charge in [-0.3, -0.25) is 9.52 Å². The molecule has 252 valence electrons. The lowest BCUT2D eigenvalue weighted by atomic mass is 9.68. The second kappa shape index (κ2) is 12.9. The van der Waals surface area contributed by atoms with Gasteiger partial charge in [0.1, 0.15) is 15.7 Å². The van der Waals surface area contributed by atoms with Crippen molar-refractivity contribution in [1.29, 1.82) is 0 Å². The Balaban J connectivity index is 1.29. The van der Waals surface area contributed by atoms with Crippen LogP contribution in [-0.2, 0) is 26.5 Å². The first-order valence-corrected chi connectivity index (χ1v) is 19.0. The topological polar surface area (TPSA) is 109 Å². The van der Waals surface area contributed by atoms with Gasteiger partial charge in [0.2, 0.25) is 0 Å². The number of allylic oxidation sites excluding steroid dienone is 1. The highest BCUT2D eigenvalue weighted by atomic mass is 32.2. The normalized spacial score (nSPS) is 32.8. The summed E-state index contributed by atoms with van der Waals surface area (Å²) in [5.41, 5.74) is 5.07. The van der Waals surface area contributed by atoms with Crippen molar-refractivity contribution in [3.8, 4) is 5.75 Å². The van der Waals surface area contributed by atoms with Crippen molar-refractivity contribution in [2.24, 2.45) is 22.1 Å². The highest BCUT2D eigenvalue weighted by Crippen LogP contribution is 2.47. The minimum Gasteiger partial charge on any atom is -0.490 e. The van der Waals surface area contributed by atoms with E-state index >= 15 is 0 Å². The number of benzene rings is 2. The van der Waals surface area contributed by atoms with Crippen LogP contribution >= 0.6 is 0 Å². The zero-order valence-corrected chi connectivity index (χ0v) is 28.7. The monoisotopic (exact) mass is 660 g/mol. The molecule has 2 bridgehead atoms. The standard InChI is InChI=1S/C37H48N4O5S/c1-24-9-15-31-26(18-24)7-5-17-37(31)22-41-20-28-10-14-30(28)33(45-3)8-4-6-25(2)21-47(44,40-36(43)38-29-12-13-29)39-35(42)27-11-16-34(46-23-37)32(41)19-27/h4,8-9,11,15-16,18-19,25,28-30,33H,5-7,10,12-14,17,20-23H2,1-3H3,(H2,38,39,40,42,43,44)/b8-4+/t25-,28-,30+,33-,37-,47-/m0/s1. The number of hydrogen-bond donors (Lipinski definition) is 2. The number of amides is 3. The summed E-state index contributed by atoms with van der Waals surface area (Å²) in [6.45, 7) is 6.29. The number of carbonyl (C=O) groups is 2. The van der Waals surface area contributed by atoms with Crippen LogP contribution in [0.3, 0.4) is 0 Å². The molecule has 2 saturated carbocycles. The lowest BCUT2D eigenvalue weighted by Gasteiger charge is -2.46. The SMILES string of the molecule is CO[C@H]1/C=C/C[C@H](C)C[S@@](=O)(NC(=O)NC2CC2)=NC(=O)c2ccc3c(c2)N(C[C@@H]2CC[C@H]21)C[C@@]1(CCCc2cc(C)ccc21)CO3. The Morgan fingerprint density at radius 2 is 2.00 bits per heavy atom. The zero-order chi connectivity index (χ0) is 32.8. The molecule has 2 N–H and O–H groups in total. The molecule has 0 unspecified atom stereocenters. The van der Waals surface area contributed by atoms with Crippen molar-refractivity contribution in [3.63, 3.8) is 0 Å². The molecular formula is C37H48N4O5S. The molecule has 2 heterocycles. The number of methoxy groups -OCH3 is 1. The molecule has 0 saturated heterocycles. The van der Waals surface area contributed by atoms with E-state index < -0.39 is 21.9 Å². The van der Waals surface area contributed by atoms with Crippen LogP contribution in [0.1, 0.15) is 78.9 Å². The number of nitrogens with one attached hydrogen (secondary N) is 2. The number of ether oxygens (including phenoxy) is 2. The molecular weight excluding hydrogens is 612 g/mol. The van der Waals surface area contributed by atoms with E-state index in [1.807, 2.05) is 19.1 Å². The number of urea groups is 1. The van der Waals surface area contributed by atoms with Crippen LogP contribution in [0.4, 0.5) is 10.5 Å². The van der Waals surface area contributed by atoms with Gasteiger partial charge in [-0.1, -0.05) is 42.8 Å². The molecule has 10 heteroatoms. The van der Waals surface area contributed by atoms with Crippen molar-refractivity contribution in [2.45, 2.75) is 82.8 Å². The van der Waals surface area contributed by atoms with Gasteiger partial charge in [-0.15, -0.1) is 4.36 Å². The Morgan fingerprint density at radius 3 is 2.77 bits per heavy atom. The summed E-state index contributed by atoms with van der Waals surface area (Å²) in [4.78, 5) is 29.0. The van der Waals surface area contributed by atoms with Crippen LogP contribution in [0.5, 0.6) is 5.75 Å². The third-order valence-electron chi connectivity index (χ3n) is 10.9. The van der Waals surface area contributed by atoms with Gasteiger partial charge < -0.3 is 19.7 Å². The van der Waals surface area contributed by atoms with Gasteiger partial charge in [0, 0.05) is 37.2 Å². The first-order valence-electron chi connectivity index (χ1n) is 17.3. The van der Waals surface area contributed by atoms with E-state index in [1.165, 1.54) is 16.7 Å². The van der Waals surface area contributed by atoms with Crippen molar-refractivity contribution >= 4 is 27.5 Å². The Kier molecular flexibility index (Phi) is 8.85. The molecule has 3 aliphatic carbocycles. The Labute approximate surface area is 279 Å². The van der Waals surface area contributed by atoms with Gasteiger partial charge in [0.25, 0.3) is 5.91 Å². The first kappa shape index (κ1) is 32.2.